The molecular formula is C17H11Cl2F3N4O3S. The Hall–Kier alpha value is -2.63. The van der Waals surface area contributed by atoms with Crippen LogP contribution in [0.2, 0.25) is 10.0 Å². The summed E-state index contributed by atoms with van der Waals surface area (Å²) in [6.45, 7) is 1.55. The Morgan fingerprint density at radius 2 is 1.63 bits per heavy atom. The van der Waals surface area contributed by atoms with Crippen molar-refractivity contribution in [2.45, 2.75) is 18.4 Å². The number of benzene rings is 2. The number of aromatic nitrogens is 3. The van der Waals surface area contributed by atoms with E-state index in [1.807, 2.05) is 0 Å². The minimum absolute atomic E-state index is 0.111. The van der Waals surface area contributed by atoms with Crippen LogP contribution in [0.5, 0.6) is 0 Å². The SMILES string of the molecule is Cc1c(C(=O)NS(=O)(=O)c2c(F)cc(F)cc2F)nnn1Cc1cc(Cl)cc(Cl)c1. The third kappa shape index (κ3) is 4.58. The molecule has 0 radical (unpaired) electrons. The number of carbonyl (C=O) groups is 1. The van der Waals surface area contributed by atoms with Gasteiger partial charge in [-0.2, -0.15) is 0 Å². The first-order valence-corrected chi connectivity index (χ1v) is 10.3. The summed E-state index contributed by atoms with van der Waals surface area (Å²) in [5.74, 6) is -5.96. The summed E-state index contributed by atoms with van der Waals surface area (Å²) in [4.78, 5) is 10.9. The first-order valence-electron chi connectivity index (χ1n) is 8.04. The van der Waals surface area contributed by atoms with Gasteiger partial charge in [-0.3, -0.25) is 4.79 Å². The highest BCUT2D eigenvalue weighted by molar-refractivity contribution is 7.90. The predicted octanol–water partition coefficient (Wildman–Crippen LogP) is 3.48. The minimum atomic E-state index is -4.99. The Morgan fingerprint density at radius 3 is 2.20 bits per heavy atom. The average Bonchev–Trinajstić information content (AvgIpc) is 2.93. The molecule has 2 aromatic carbocycles. The molecule has 158 valence electrons. The molecule has 1 amide bonds. The number of rotatable bonds is 5. The minimum Gasteiger partial charge on any atom is -0.266 e. The maximum atomic E-state index is 13.8. The van der Waals surface area contributed by atoms with E-state index in [2.05, 4.69) is 10.3 Å². The van der Waals surface area contributed by atoms with E-state index in [-0.39, 0.29) is 24.4 Å². The zero-order chi connectivity index (χ0) is 22.2. The molecule has 0 saturated heterocycles. The molecule has 0 fully saturated rings. The van der Waals surface area contributed by atoms with Gasteiger partial charge in [-0.05, 0) is 30.7 Å². The zero-order valence-electron chi connectivity index (χ0n) is 15.0. The van der Waals surface area contributed by atoms with Gasteiger partial charge in [0.15, 0.2) is 10.6 Å². The van der Waals surface area contributed by atoms with Crippen LogP contribution < -0.4 is 4.72 Å². The summed E-state index contributed by atoms with van der Waals surface area (Å²) in [5.41, 5.74) is 0.406. The lowest BCUT2D eigenvalue weighted by atomic mass is 10.2. The van der Waals surface area contributed by atoms with Crippen LogP contribution in [0.25, 0.3) is 0 Å². The first kappa shape index (κ1) is 22.1. The fourth-order valence-corrected chi connectivity index (χ4v) is 4.25. The van der Waals surface area contributed by atoms with Crippen molar-refractivity contribution < 1.29 is 26.4 Å². The molecule has 0 aliphatic heterocycles. The molecule has 0 spiro atoms. The van der Waals surface area contributed by atoms with Gasteiger partial charge in [-0.25, -0.2) is 31.0 Å². The number of nitrogens with zero attached hydrogens (tertiary/aromatic N) is 3. The van der Waals surface area contributed by atoms with Gasteiger partial charge in [0.2, 0.25) is 0 Å². The first-order chi connectivity index (χ1) is 14.0. The normalized spacial score (nSPS) is 11.5. The molecule has 0 unspecified atom stereocenters. The van der Waals surface area contributed by atoms with Crippen molar-refractivity contribution in [2.75, 3.05) is 0 Å². The summed E-state index contributed by atoms with van der Waals surface area (Å²) in [6, 6.07) is 5.11. The van der Waals surface area contributed by atoms with Gasteiger partial charge < -0.3 is 0 Å². The van der Waals surface area contributed by atoms with Crippen LogP contribution >= 0.6 is 23.2 Å². The Labute approximate surface area is 178 Å². The Kier molecular flexibility index (Phi) is 6.06. The van der Waals surface area contributed by atoms with Crippen molar-refractivity contribution in [3.05, 3.63) is 74.8 Å². The van der Waals surface area contributed by atoms with Gasteiger partial charge in [0.25, 0.3) is 15.9 Å². The number of halogens is 5. The number of hydrogen-bond donors (Lipinski definition) is 1. The molecule has 0 aliphatic carbocycles. The van der Waals surface area contributed by atoms with Gasteiger partial charge in [0.05, 0.1) is 12.2 Å². The van der Waals surface area contributed by atoms with Gasteiger partial charge in [-0.15, -0.1) is 5.10 Å². The summed E-state index contributed by atoms with van der Waals surface area (Å²) in [7, 11) is -4.99. The van der Waals surface area contributed by atoms with E-state index in [4.69, 9.17) is 23.2 Å². The molecule has 30 heavy (non-hydrogen) atoms. The Bertz CT molecular complexity index is 1220. The van der Waals surface area contributed by atoms with Crippen LogP contribution in [0.4, 0.5) is 13.2 Å². The summed E-state index contributed by atoms with van der Waals surface area (Å²) in [6.07, 6.45) is 0. The Balaban J connectivity index is 1.86. The predicted molar refractivity (Wildman–Crippen MR) is 101 cm³/mol. The molecule has 13 heteroatoms. The van der Waals surface area contributed by atoms with Gasteiger partial charge in [0, 0.05) is 22.2 Å². The quantitative estimate of drug-likeness (QED) is 0.605. The van der Waals surface area contributed by atoms with Crippen molar-refractivity contribution in [2.24, 2.45) is 0 Å². The fraction of sp³-hybridized carbons (Fsp3) is 0.118. The second-order valence-electron chi connectivity index (χ2n) is 6.09. The van der Waals surface area contributed by atoms with Crippen LogP contribution in [0.3, 0.4) is 0 Å². The van der Waals surface area contributed by atoms with E-state index in [0.29, 0.717) is 15.6 Å². The molecule has 3 aromatic rings. The lowest BCUT2D eigenvalue weighted by molar-refractivity contribution is 0.0975. The van der Waals surface area contributed by atoms with Crippen LogP contribution in [-0.2, 0) is 16.6 Å². The van der Waals surface area contributed by atoms with E-state index in [1.54, 1.807) is 12.1 Å². The zero-order valence-corrected chi connectivity index (χ0v) is 17.3. The second-order valence-corrected chi connectivity index (χ2v) is 8.58. The smallest absolute Gasteiger partial charge is 0.266 e. The second kappa shape index (κ2) is 8.25. The highest BCUT2D eigenvalue weighted by Crippen LogP contribution is 2.22. The van der Waals surface area contributed by atoms with Gasteiger partial charge >= 0.3 is 0 Å². The summed E-state index contributed by atoms with van der Waals surface area (Å²) >= 11 is 11.9. The van der Waals surface area contributed by atoms with E-state index in [1.165, 1.54) is 22.4 Å². The van der Waals surface area contributed by atoms with Gasteiger partial charge in [-0.1, -0.05) is 28.4 Å². The summed E-state index contributed by atoms with van der Waals surface area (Å²) < 4.78 is 67.8. The maximum absolute atomic E-state index is 13.8. The van der Waals surface area contributed by atoms with E-state index < -0.39 is 44.0 Å². The Morgan fingerprint density at radius 1 is 1.07 bits per heavy atom. The van der Waals surface area contributed by atoms with Crippen LogP contribution in [-0.4, -0.2) is 29.3 Å². The van der Waals surface area contributed by atoms with Crippen molar-refractivity contribution in [1.82, 2.24) is 19.7 Å². The van der Waals surface area contributed by atoms with Crippen LogP contribution in [0.1, 0.15) is 21.7 Å². The molecule has 1 aromatic heterocycles. The molecule has 0 atom stereocenters. The van der Waals surface area contributed by atoms with E-state index in [9.17, 15) is 26.4 Å². The van der Waals surface area contributed by atoms with Crippen LogP contribution in [0, 0.1) is 24.4 Å². The topological polar surface area (TPSA) is 93.9 Å². The average molecular weight is 479 g/mol. The standard InChI is InChI=1S/C17H11Cl2F3N4O3S/c1-8-15(23-25-26(8)7-9-2-10(18)4-11(19)3-9)17(27)24-30(28,29)16-13(21)5-12(20)6-14(16)22/h2-6H,7H2,1H3,(H,24,27). The lowest BCUT2D eigenvalue weighted by Gasteiger charge is -2.09. The third-order valence-electron chi connectivity index (χ3n) is 3.91. The number of sulfonamides is 1. The van der Waals surface area contributed by atoms with Crippen LogP contribution in [0.15, 0.2) is 35.2 Å². The summed E-state index contributed by atoms with van der Waals surface area (Å²) in [5, 5.41) is 8.14. The van der Waals surface area contributed by atoms with Crippen molar-refractivity contribution >= 4 is 39.1 Å². The number of amides is 1. The maximum Gasteiger partial charge on any atom is 0.287 e. The van der Waals surface area contributed by atoms with E-state index >= 15 is 0 Å². The number of hydrogen-bond acceptors (Lipinski definition) is 5. The van der Waals surface area contributed by atoms with E-state index in [0.717, 1.165) is 0 Å². The largest absolute Gasteiger partial charge is 0.287 e. The molecular weight excluding hydrogens is 468 g/mol. The molecule has 7 nitrogen and oxygen atoms in total. The highest BCUT2D eigenvalue weighted by Gasteiger charge is 2.29. The molecule has 1 heterocycles. The molecule has 0 bridgehead atoms. The fourth-order valence-electron chi connectivity index (χ4n) is 2.60. The molecule has 0 saturated carbocycles. The van der Waals surface area contributed by atoms with Crippen molar-refractivity contribution in [3.63, 3.8) is 0 Å². The number of carbonyl (C=O) groups excluding carboxylic acids is 1. The third-order valence-corrected chi connectivity index (χ3v) is 5.73. The monoisotopic (exact) mass is 478 g/mol. The molecule has 1 N–H and O–H groups in total. The number of nitrogens with one attached hydrogen (secondary N) is 1. The molecule has 3 rings (SSSR count). The molecule has 0 aliphatic rings. The van der Waals surface area contributed by atoms with Crippen molar-refractivity contribution in [1.29, 1.82) is 0 Å². The van der Waals surface area contributed by atoms with Gasteiger partial charge in [0.1, 0.15) is 17.5 Å². The highest BCUT2D eigenvalue weighted by atomic mass is 35.5. The van der Waals surface area contributed by atoms with Crippen molar-refractivity contribution in [3.8, 4) is 0 Å². The lowest BCUT2D eigenvalue weighted by Crippen LogP contribution is -2.32.